The quantitative estimate of drug-likeness (QED) is 0.210. The Morgan fingerprint density at radius 2 is 1.95 bits per heavy atom. The van der Waals surface area contributed by atoms with Crippen LogP contribution < -0.4 is 10.2 Å². The highest BCUT2D eigenvalue weighted by molar-refractivity contribution is 6.34. The number of pyridine rings is 1. The van der Waals surface area contributed by atoms with Crippen LogP contribution in [0.5, 0.6) is 5.75 Å². The van der Waals surface area contributed by atoms with Crippen LogP contribution in [0.2, 0.25) is 5.02 Å². The van der Waals surface area contributed by atoms with E-state index in [-0.39, 0.29) is 51.4 Å². The van der Waals surface area contributed by atoms with Gasteiger partial charge in [0.1, 0.15) is 17.4 Å². The Balaban J connectivity index is 2.43. The van der Waals surface area contributed by atoms with E-state index in [0.717, 1.165) is 6.41 Å². The lowest BCUT2D eigenvalue weighted by atomic mass is 9.97. The number of phenols is 1. The van der Waals surface area contributed by atoms with Crippen molar-refractivity contribution in [3.63, 3.8) is 0 Å². The van der Waals surface area contributed by atoms with E-state index in [0.29, 0.717) is 48.8 Å². The van der Waals surface area contributed by atoms with Crippen molar-refractivity contribution in [1.82, 2.24) is 20.1 Å². The summed E-state index contributed by atoms with van der Waals surface area (Å²) in [6.45, 7) is 10.9. The fraction of sp³-hybridized carbons (Fsp3) is 0.433. The van der Waals surface area contributed by atoms with E-state index < -0.39 is 5.82 Å². The Bertz CT molecular complexity index is 1390. The zero-order valence-electron chi connectivity index (χ0n) is 25.1. The van der Waals surface area contributed by atoms with Crippen LogP contribution in [-0.2, 0) is 9.59 Å². The van der Waals surface area contributed by atoms with E-state index in [1.54, 1.807) is 25.1 Å². The maximum absolute atomic E-state index is 15.1. The lowest BCUT2D eigenvalue weighted by molar-refractivity contribution is -0.120. The molecule has 0 saturated carbocycles. The summed E-state index contributed by atoms with van der Waals surface area (Å²) >= 11 is 6.74. The van der Waals surface area contributed by atoms with Crippen LogP contribution in [0.3, 0.4) is 0 Å². The standard InChI is InChI=1S/C30H39ClFN7O3/c1-17(2)25(33)28(26(34-6)18(3)4)39(16-41)30-20(29(35-7)38-12-11-37(15-40)14-19(38)5)13-21(31)27(36-30)24-22(32)9-8-10-23(24)42/h8-10,13,15-19,33-34,42H,11-12,14H2,1-7H3/b28-26+,33-25?,35-29+. The Labute approximate surface area is 251 Å². The van der Waals surface area contributed by atoms with Gasteiger partial charge in [-0.25, -0.2) is 9.37 Å². The Morgan fingerprint density at radius 3 is 2.45 bits per heavy atom. The van der Waals surface area contributed by atoms with Gasteiger partial charge in [-0.1, -0.05) is 45.4 Å². The van der Waals surface area contributed by atoms with Crippen LogP contribution in [0.15, 0.2) is 40.7 Å². The molecule has 1 aromatic carbocycles. The van der Waals surface area contributed by atoms with Gasteiger partial charge in [-0.2, -0.15) is 0 Å². The molecule has 226 valence electrons. The van der Waals surface area contributed by atoms with Gasteiger partial charge in [-0.3, -0.25) is 19.5 Å². The molecule has 1 fully saturated rings. The van der Waals surface area contributed by atoms with Crippen molar-refractivity contribution in [3.05, 3.63) is 52.1 Å². The summed E-state index contributed by atoms with van der Waals surface area (Å²) in [6, 6.07) is 5.29. The largest absolute Gasteiger partial charge is 0.507 e. The van der Waals surface area contributed by atoms with E-state index >= 15 is 4.39 Å². The molecule has 1 saturated heterocycles. The van der Waals surface area contributed by atoms with Crippen LogP contribution >= 0.6 is 11.6 Å². The van der Waals surface area contributed by atoms with Crippen molar-refractivity contribution in [2.45, 2.75) is 40.7 Å². The van der Waals surface area contributed by atoms with Crippen molar-refractivity contribution >= 4 is 41.8 Å². The smallest absolute Gasteiger partial charge is 0.220 e. The molecule has 1 aliphatic rings. The molecule has 1 aliphatic heterocycles. The molecule has 1 unspecified atom stereocenters. The second-order valence-corrected chi connectivity index (χ2v) is 11.1. The minimum absolute atomic E-state index is 0.0301. The van der Waals surface area contributed by atoms with Gasteiger partial charge >= 0.3 is 0 Å². The molecule has 12 heteroatoms. The number of phenolic OH excluding ortho intramolecular Hbond substituents is 1. The molecule has 1 atom stereocenters. The van der Waals surface area contributed by atoms with Crippen LogP contribution in [0.4, 0.5) is 10.2 Å². The number of halogens is 2. The van der Waals surface area contributed by atoms with E-state index in [4.69, 9.17) is 22.0 Å². The molecule has 10 nitrogen and oxygen atoms in total. The van der Waals surface area contributed by atoms with E-state index in [1.165, 1.54) is 23.1 Å². The summed E-state index contributed by atoms with van der Waals surface area (Å²) < 4.78 is 15.1. The van der Waals surface area contributed by atoms with Crippen LogP contribution in [0, 0.1) is 23.1 Å². The highest BCUT2D eigenvalue weighted by Crippen LogP contribution is 2.39. The lowest BCUT2D eigenvalue weighted by Gasteiger charge is -2.40. The van der Waals surface area contributed by atoms with Gasteiger partial charge in [0.15, 0.2) is 5.82 Å². The van der Waals surface area contributed by atoms with E-state index in [9.17, 15) is 14.7 Å². The molecule has 2 amide bonds. The number of carbonyl (C=O) groups excluding carboxylic acids is 2. The van der Waals surface area contributed by atoms with Crippen LogP contribution in [0.25, 0.3) is 11.3 Å². The summed E-state index contributed by atoms with van der Waals surface area (Å²) in [5, 5.41) is 22.8. The number of aromatic nitrogens is 1. The molecule has 3 rings (SSSR count). The number of aliphatic imine (C=N–C) groups is 1. The number of piperazine rings is 1. The molecular weight excluding hydrogens is 561 g/mol. The second kappa shape index (κ2) is 13.8. The number of nitrogens with one attached hydrogen (secondary N) is 2. The lowest BCUT2D eigenvalue weighted by Crippen LogP contribution is -2.54. The number of rotatable bonds is 10. The van der Waals surface area contributed by atoms with Crippen LogP contribution in [-0.4, -0.2) is 84.0 Å². The third kappa shape index (κ3) is 6.41. The van der Waals surface area contributed by atoms with Gasteiger partial charge in [0.2, 0.25) is 12.8 Å². The first-order valence-corrected chi connectivity index (χ1v) is 14.2. The molecular formula is C30H39ClFN7O3. The maximum atomic E-state index is 15.1. The fourth-order valence-corrected chi connectivity index (χ4v) is 5.36. The number of nitrogens with zero attached hydrogens (tertiary/aromatic N) is 5. The summed E-state index contributed by atoms with van der Waals surface area (Å²) in [4.78, 5) is 38.7. The van der Waals surface area contributed by atoms with Crippen LogP contribution in [0.1, 0.15) is 40.2 Å². The zero-order chi connectivity index (χ0) is 31.3. The summed E-state index contributed by atoms with van der Waals surface area (Å²) in [5.74, 6) is -0.953. The SMILES string of the molecule is C/N=C(\c1cc(Cl)c(-c2c(O)cccc2F)nc1N(C=O)/C(C(=N)C(C)C)=C(/NC)C(C)C)N1CCN(C=O)CC1C. The number of aromatic hydroxyl groups is 1. The van der Waals surface area contributed by atoms with Crippen molar-refractivity contribution in [2.75, 3.05) is 38.6 Å². The Hall–Kier alpha value is -3.99. The topological polar surface area (TPSA) is 125 Å². The minimum Gasteiger partial charge on any atom is -0.507 e. The predicted octanol–water partition coefficient (Wildman–Crippen LogP) is 4.51. The molecule has 0 spiro atoms. The number of benzene rings is 1. The minimum atomic E-state index is -0.743. The predicted molar refractivity (Wildman–Crippen MR) is 165 cm³/mol. The third-order valence-electron chi connectivity index (χ3n) is 7.23. The first kappa shape index (κ1) is 32.5. The highest BCUT2D eigenvalue weighted by Gasteiger charge is 2.33. The summed E-state index contributed by atoms with van der Waals surface area (Å²) in [7, 11) is 3.33. The fourth-order valence-electron chi connectivity index (χ4n) is 5.12. The monoisotopic (exact) mass is 599 g/mol. The maximum Gasteiger partial charge on any atom is 0.220 e. The highest BCUT2D eigenvalue weighted by atomic mass is 35.5. The molecule has 0 aliphatic carbocycles. The first-order chi connectivity index (χ1) is 19.9. The number of amides is 2. The molecule has 0 radical (unpaired) electrons. The van der Waals surface area contributed by atoms with E-state index in [2.05, 4.69) is 10.3 Å². The number of hydrogen-bond acceptors (Lipinski definition) is 7. The third-order valence-corrected chi connectivity index (χ3v) is 7.51. The molecule has 2 heterocycles. The van der Waals surface area contributed by atoms with Crippen molar-refractivity contribution in [1.29, 1.82) is 5.41 Å². The normalized spacial score (nSPS) is 16.5. The number of amidine groups is 1. The van der Waals surface area contributed by atoms with Gasteiger partial charge in [-0.15, -0.1) is 0 Å². The van der Waals surface area contributed by atoms with Gasteiger partial charge in [0.25, 0.3) is 0 Å². The second-order valence-electron chi connectivity index (χ2n) is 10.7. The Kier molecular flexibility index (Phi) is 10.7. The average Bonchev–Trinajstić information content (AvgIpc) is 2.94. The summed E-state index contributed by atoms with van der Waals surface area (Å²) in [5.41, 5.74) is 1.19. The molecule has 1 aromatic heterocycles. The average molecular weight is 600 g/mol. The number of hydrogen-bond donors (Lipinski definition) is 3. The molecule has 0 bridgehead atoms. The van der Waals surface area contributed by atoms with Crippen molar-refractivity contribution in [3.8, 4) is 17.0 Å². The van der Waals surface area contributed by atoms with Crippen molar-refractivity contribution < 1.29 is 19.1 Å². The van der Waals surface area contributed by atoms with Gasteiger partial charge < -0.3 is 25.6 Å². The number of allylic oxidation sites excluding steroid dienone is 2. The number of carbonyl (C=O) groups is 2. The summed E-state index contributed by atoms with van der Waals surface area (Å²) in [6.07, 6.45) is 1.38. The molecule has 42 heavy (non-hydrogen) atoms. The first-order valence-electron chi connectivity index (χ1n) is 13.8. The van der Waals surface area contributed by atoms with Crippen molar-refractivity contribution in [2.24, 2.45) is 16.8 Å². The number of anilines is 1. The Morgan fingerprint density at radius 1 is 1.26 bits per heavy atom. The van der Waals surface area contributed by atoms with Gasteiger partial charge in [0.05, 0.1) is 33.3 Å². The van der Waals surface area contributed by atoms with Gasteiger partial charge in [0, 0.05) is 45.5 Å². The van der Waals surface area contributed by atoms with Gasteiger partial charge in [-0.05, 0) is 37.0 Å². The molecule has 2 aromatic rings. The molecule has 3 N–H and O–H groups in total. The van der Waals surface area contributed by atoms with E-state index in [1.807, 2.05) is 39.5 Å². The zero-order valence-corrected chi connectivity index (χ0v) is 25.8.